The molecule has 110 valence electrons. The van der Waals surface area contributed by atoms with Crippen molar-refractivity contribution in [3.63, 3.8) is 0 Å². The first-order valence-corrected chi connectivity index (χ1v) is 7.42. The molecule has 2 atom stereocenters. The fourth-order valence-electron chi connectivity index (χ4n) is 2.85. The van der Waals surface area contributed by atoms with E-state index < -0.39 is 0 Å². The van der Waals surface area contributed by atoms with E-state index in [9.17, 15) is 4.79 Å². The predicted octanol–water partition coefficient (Wildman–Crippen LogP) is 1.83. The second-order valence-corrected chi connectivity index (χ2v) is 5.76. The number of hydrogen-bond donors (Lipinski definition) is 1. The molecular formula is C16H20N4O. The fourth-order valence-corrected chi connectivity index (χ4v) is 2.85. The quantitative estimate of drug-likeness (QED) is 0.913. The normalized spacial score (nSPS) is 20.5. The molecule has 1 amide bonds. The van der Waals surface area contributed by atoms with Gasteiger partial charge in [0.05, 0.1) is 17.2 Å². The summed E-state index contributed by atoms with van der Waals surface area (Å²) in [4.78, 5) is 23.2. The van der Waals surface area contributed by atoms with Gasteiger partial charge in [-0.3, -0.25) is 9.78 Å². The average Bonchev–Trinajstić information content (AvgIpc) is 2.53. The molecule has 2 aromatic rings. The number of aromatic nitrogens is 2. The summed E-state index contributed by atoms with van der Waals surface area (Å²) in [5, 5.41) is 0. The first-order chi connectivity index (χ1) is 10.1. The molecule has 0 unspecified atom stereocenters. The van der Waals surface area contributed by atoms with Crippen molar-refractivity contribution in [2.24, 2.45) is 11.7 Å². The maximum atomic E-state index is 12.6. The SMILES string of the molecule is C[C@@H](N)[C@H]1CCCN(C(=O)c2cnc3ccccc3n2)C1. The lowest BCUT2D eigenvalue weighted by Gasteiger charge is -2.34. The van der Waals surface area contributed by atoms with E-state index in [0.29, 0.717) is 18.2 Å². The van der Waals surface area contributed by atoms with E-state index in [0.717, 1.165) is 30.4 Å². The van der Waals surface area contributed by atoms with Crippen molar-refractivity contribution < 1.29 is 4.79 Å². The van der Waals surface area contributed by atoms with Crippen LogP contribution in [0.4, 0.5) is 0 Å². The van der Waals surface area contributed by atoms with Gasteiger partial charge in [-0.05, 0) is 37.8 Å². The van der Waals surface area contributed by atoms with Crippen molar-refractivity contribution >= 4 is 16.9 Å². The van der Waals surface area contributed by atoms with Gasteiger partial charge < -0.3 is 10.6 Å². The molecule has 3 rings (SSSR count). The molecule has 1 aliphatic rings. The molecule has 0 saturated carbocycles. The van der Waals surface area contributed by atoms with Crippen molar-refractivity contribution in [3.8, 4) is 0 Å². The van der Waals surface area contributed by atoms with E-state index in [1.165, 1.54) is 0 Å². The number of piperidine rings is 1. The van der Waals surface area contributed by atoms with Gasteiger partial charge in [0, 0.05) is 19.1 Å². The highest BCUT2D eigenvalue weighted by Gasteiger charge is 2.27. The average molecular weight is 284 g/mol. The van der Waals surface area contributed by atoms with Crippen LogP contribution in [0, 0.1) is 5.92 Å². The number of hydrogen-bond acceptors (Lipinski definition) is 4. The summed E-state index contributed by atoms with van der Waals surface area (Å²) in [7, 11) is 0. The number of benzene rings is 1. The molecule has 0 aliphatic carbocycles. The number of amides is 1. The van der Waals surface area contributed by atoms with Crippen molar-refractivity contribution in [3.05, 3.63) is 36.2 Å². The molecule has 1 aromatic carbocycles. The lowest BCUT2D eigenvalue weighted by molar-refractivity contribution is 0.0655. The van der Waals surface area contributed by atoms with Crippen LogP contribution >= 0.6 is 0 Å². The van der Waals surface area contributed by atoms with E-state index in [4.69, 9.17) is 5.73 Å². The number of para-hydroxylation sites is 2. The molecule has 1 aliphatic heterocycles. The summed E-state index contributed by atoms with van der Waals surface area (Å²) >= 11 is 0. The Morgan fingerprint density at radius 3 is 2.90 bits per heavy atom. The molecule has 1 fully saturated rings. The number of nitrogens with zero attached hydrogens (tertiary/aromatic N) is 3. The summed E-state index contributed by atoms with van der Waals surface area (Å²) in [5.41, 5.74) is 7.95. The van der Waals surface area contributed by atoms with E-state index >= 15 is 0 Å². The minimum Gasteiger partial charge on any atom is -0.337 e. The van der Waals surface area contributed by atoms with Crippen LogP contribution in [0.2, 0.25) is 0 Å². The van der Waals surface area contributed by atoms with Gasteiger partial charge in [-0.1, -0.05) is 12.1 Å². The number of likely N-dealkylation sites (tertiary alicyclic amines) is 1. The lowest BCUT2D eigenvalue weighted by Crippen LogP contribution is -2.45. The van der Waals surface area contributed by atoms with Gasteiger partial charge in [0.15, 0.2) is 0 Å². The second kappa shape index (κ2) is 5.77. The maximum Gasteiger partial charge on any atom is 0.274 e. The van der Waals surface area contributed by atoms with Gasteiger partial charge in [-0.15, -0.1) is 0 Å². The fraction of sp³-hybridized carbons (Fsp3) is 0.438. The molecule has 5 nitrogen and oxygen atoms in total. The molecule has 1 saturated heterocycles. The van der Waals surface area contributed by atoms with Gasteiger partial charge >= 0.3 is 0 Å². The van der Waals surface area contributed by atoms with Gasteiger partial charge in [-0.2, -0.15) is 0 Å². The van der Waals surface area contributed by atoms with Crippen molar-refractivity contribution in [1.82, 2.24) is 14.9 Å². The van der Waals surface area contributed by atoms with Crippen LogP contribution < -0.4 is 5.73 Å². The zero-order valence-corrected chi connectivity index (χ0v) is 12.2. The van der Waals surface area contributed by atoms with Gasteiger partial charge in [0.2, 0.25) is 0 Å². The van der Waals surface area contributed by atoms with Crippen LogP contribution in [0.25, 0.3) is 11.0 Å². The molecule has 2 heterocycles. The standard InChI is InChI=1S/C16H20N4O/c1-11(17)12-5-4-8-20(10-12)16(21)15-9-18-13-6-2-3-7-14(13)19-15/h2-3,6-7,9,11-12H,4-5,8,10,17H2,1H3/t11-,12+/m1/s1. The summed E-state index contributed by atoms with van der Waals surface area (Å²) < 4.78 is 0. The highest BCUT2D eigenvalue weighted by Crippen LogP contribution is 2.20. The molecule has 2 N–H and O–H groups in total. The Kier molecular flexibility index (Phi) is 3.84. The molecule has 5 heteroatoms. The Balaban J connectivity index is 1.82. The first kappa shape index (κ1) is 13.9. The van der Waals surface area contributed by atoms with Crippen LogP contribution in [0.5, 0.6) is 0 Å². The van der Waals surface area contributed by atoms with Crippen molar-refractivity contribution in [1.29, 1.82) is 0 Å². The smallest absolute Gasteiger partial charge is 0.274 e. The molecule has 0 radical (unpaired) electrons. The third-order valence-electron chi connectivity index (χ3n) is 4.16. The highest BCUT2D eigenvalue weighted by molar-refractivity contribution is 5.93. The topological polar surface area (TPSA) is 72.1 Å². The van der Waals surface area contributed by atoms with Crippen molar-refractivity contribution in [2.75, 3.05) is 13.1 Å². The largest absolute Gasteiger partial charge is 0.337 e. The summed E-state index contributed by atoms with van der Waals surface area (Å²) in [6.45, 7) is 3.50. The van der Waals surface area contributed by atoms with E-state index in [2.05, 4.69) is 9.97 Å². The molecule has 0 spiro atoms. The van der Waals surface area contributed by atoms with E-state index in [1.807, 2.05) is 36.1 Å². The van der Waals surface area contributed by atoms with E-state index in [1.54, 1.807) is 6.20 Å². The number of nitrogens with two attached hydrogens (primary N) is 1. The monoisotopic (exact) mass is 284 g/mol. The summed E-state index contributed by atoms with van der Waals surface area (Å²) in [6, 6.07) is 7.70. The molecular weight excluding hydrogens is 264 g/mol. The summed E-state index contributed by atoms with van der Waals surface area (Å²) in [5.74, 6) is 0.328. The summed E-state index contributed by atoms with van der Waals surface area (Å²) in [6.07, 6.45) is 3.66. The molecule has 0 bridgehead atoms. The van der Waals surface area contributed by atoms with Crippen LogP contribution in [-0.4, -0.2) is 39.9 Å². The Morgan fingerprint density at radius 2 is 2.14 bits per heavy atom. The minimum atomic E-state index is -0.0430. The maximum absolute atomic E-state index is 12.6. The van der Waals surface area contributed by atoms with Gasteiger partial charge in [0.25, 0.3) is 5.91 Å². The Labute approximate surface area is 124 Å². The zero-order valence-electron chi connectivity index (χ0n) is 12.2. The molecule has 1 aromatic heterocycles. The van der Waals surface area contributed by atoms with Crippen LogP contribution in [0.1, 0.15) is 30.3 Å². The highest BCUT2D eigenvalue weighted by atomic mass is 16.2. The van der Waals surface area contributed by atoms with Crippen molar-refractivity contribution in [2.45, 2.75) is 25.8 Å². The first-order valence-electron chi connectivity index (χ1n) is 7.42. The van der Waals surface area contributed by atoms with Crippen LogP contribution in [-0.2, 0) is 0 Å². The van der Waals surface area contributed by atoms with Gasteiger partial charge in [0.1, 0.15) is 5.69 Å². The van der Waals surface area contributed by atoms with Crippen LogP contribution in [0.15, 0.2) is 30.5 Å². The van der Waals surface area contributed by atoms with E-state index in [-0.39, 0.29) is 11.9 Å². The lowest BCUT2D eigenvalue weighted by atomic mass is 9.92. The Morgan fingerprint density at radius 1 is 1.38 bits per heavy atom. The van der Waals surface area contributed by atoms with Crippen LogP contribution in [0.3, 0.4) is 0 Å². The number of fused-ring (bicyclic) bond motifs is 1. The number of carbonyl (C=O) groups excluding carboxylic acids is 1. The molecule has 21 heavy (non-hydrogen) atoms. The number of rotatable bonds is 2. The van der Waals surface area contributed by atoms with Gasteiger partial charge in [-0.25, -0.2) is 4.98 Å². The predicted molar refractivity (Wildman–Crippen MR) is 81.8 cm³/mol. The Hall–Kier alpha value is -2.01. The Bertz CT molecular complexity index is 656. The third-order valence-corrected chi connectivity index (χ3v) is 4.16. The minimum absolute atomic E-state index is 0.0430. The second-order valence-electron chi connectivity index (χ2n) is 5.76. The third kappa shape index (κ3) is 2.88. The number of carbonyl (C=O) groups is 1. The zero-order chi connectivity index (χ0) is 14.8.